The van der Waals surface area contributed by atoms with Crippen LogP contribution >= 0.6 is 12.4 Å². The van der Waals surface area contributed by atoms with Crippen molar-refractivity contribution in [3.63, 3.8) is 0 Å². The van der Waals surface area contributed by atoms with Crippen LogP contribution < -0.4 is 15.4 Å². The molecule has 0 aliphatic carbocycles. The van der Waals surface area contributed by atoms with Crippen molar-refractivity contribution >= 4 is 18.3 Å². The maximum Gasteiger partial charge on any atom is 0.387 e. The van der Waals surface area contributed by atoms with Crippen molar-refractivity contribution in [3.8, 4) is 5.75 Å². The third-order valence-corrected chi connectivity index (χ3v) is 2.36. The van der Waals surface area contributed by atoms with Gasteiger partial charge in [-0.3, -0.25) is 4.79 Å². The second-order valence-electron chi connectivity index (χ2n) is 3.73. The van der Waals surface area contributed by atoms with Crippen LogP contribution in [0, 0.1) is 5.82 Å². The molecule has 0 atom stereocenters. The third-order valence-electron chi connectivity index (χ3n) is 2.36. The molecular formula is C12H16ClF3N2O2. The van der Waals surface area contributed by atoms with E-state index in [0.29, 0.717) is 6.54 Å². The number of hydrogen-bond donors (Lipinski definition) is 2. The van der Waals surface area contributed by atoms with Gasteiger partial charge in [-0.15, -0.1) is 12.4 Å². The van der Waals surface area contributed by atoms with Crippen molar-refractivity contribution in [1.29, 1.82) is 0 Å². The van der Waals surface area contributed by atoms with Crippen molar-refractivity contribution in [3.05, 3.63) is 29.6 Å². The topological polar surface area (TPSA) is 50.4 Å². The van der Waals surface area contributed by atoms with Gasteiger partial charge in [-0.05, 0) is 19.2 Å². The Morgan fingerprint density at radius 2 is 2.10 bits per heavy atom. The van der Waals surface area contributed by atoms with E-state index in [2.05, 4.69) is 15.4 Å². The molecule has 4 nitrogen and oxygen atoms in total. The second-order valence-corrected chi connectivity index (χ2v) is 3.73. The summed E-state index contributed by atoms with van der Waals surface area (Å²) in [6.45, 7) is -2.76. The van der Waals surface area contributed by atoms with E-state index >= 15 is 0 Å². The predicted molar refractivity (Wildman–Crippen MR) is 70.7 cm³/mol. The van der Waals surface area contributed by atoms with Crippen LogP contribution in [0.3, 0.4) is 0 Å². The Labute approximate surface area is 121 Å². The molecule has 0 heterocycles. The van der Waals surface area contributed by atoms with E-state index in [4.69, 9.17) is 0 Å². The van der Waals surface area contributed by atoms with E-state index in [1.54, 1.807) is 7.05 Å². The van der Waals surface area contributed by atoms with Gasteiger partial charge in [0.25, 0.3) is 0 Å². The fraction of sp³-hybridized carbons (Fsp3) is 0.417. The van der Waals surface area contributed by atoms with Gasteiger partial charge in [0.05, 0.1) is 0 Å². The highest BCUT2D eigenvalue weighted by molar-refractivity contribution is 5.85. The summed E-state index contributed by atoms with van der Waals surface area (Å²) in [4.78, 5) is 11.4. The van der Waals surface area contributed by atoms with E-state index in [1.165, 1.54) is 12.1 Å². The largest absolute Gasteiger partial charge is 0.434 e. The first kappa shape index (κ1) is 18.5. The van der Waals surface area contributed by atoms with E-state index < -0.39 is 12.4 Å². The van der Waals surface area contributed by atoms with Crippen LogP contribution in [0.25, 0.3) is 0 Å². The monoisotopic (exact) mass is 312 g/mol. The Morgan fingerprint density at radius 3 is 2.70 bits per heavy atom. The van der Waals surface area contributed by atoms with E-state index in [0.717, 1.165) is 6.07 Å². The smallest absolute Gasteiger partial charge is 0.387 e. The first-order valence-corrected chi connectivity index (χ1v) is 5.68. The lowest BCUT2D eigenvalue weighted by Crippen LogP contribution is -2.26. The number of amides is 1. The van der Waals surface area contributed by atoms with E-state index in [-0.39, 0.29) is 42.6 Å². The molecule has 2 N–H and O–H groups in total. The Balaban J connectivity index is 0.00000361. The number of benzene rings is 1. The van der Waals surface area contributed by atoms with Crippen LogP contribution in [0.4, 0.5) is 13.2 Å². The molecule has 20 heavy (non-hydrogen) atoms. The molecule has 0 spiro atoms. The van der Waals surface area contributed by atoms with Gasteiger partial charge < -0.3 is 15.4 Å². The normalized spacial score (nSPS) is 10.1. The fourth-order valence-corrected chi connectivity index (χ4v) is 1.43. The van der Waals surface area contributed by atoms with Crippen molar-refractivity contribution in [2.24, 2.45) is 0 Å². The average Bonchev–Trinajstić information content (AvgIpc) is 2.35. The number of ether oxygens (including phenoxy) is 1. The predicted octanol–water partition coefficient (Wildman–Crippen LogP) is 2.07. The lowest BCUT2D eigenvalue weighted by molar-refractivity contribution is -0.121. The Kier molecular flexibility index (Phi) is 8.74. The van der Waals surface area contributed by atoms with Crippen molar-refractivity contribution in [2.45, 2.75) is 19.6 Å². The lowest BCUT2D eigenvalue weighted by Gasteiger charge is -2.12. The molecule has 0 aliphatic heterocycles. The Morgan fingerprint density at radius 1 is 1.40 bits per heavy atom. The van der Waals surface area contributed by atoms with E-state index in [1.807, 2.05) is 0 Å². The molecule has 0 aliphatic rings. The molecule has 0 saturated heterocycles. The zero-order valence-electron chi connectivity index (χ0n) is 10.8. The minimum Gasteiger partial charge on any atom is -0.434 e. The van der Waals surface area contributed by atoms with Crippen molar-refractivity contribution < 1.29 is 22.7 Å². The summed E-state index contributed by atoms with van der Waals surface area (Å²) in [7, 11) is 1.69. The fourth-order valence-electron chi connectivity index (χ4n) is 1.43. The zero-order valence-corrected chi connectivity index (χ0v) is 11.6. The standard InChI is InChI=1S/C12H15F3N2O2.ClH/c1-16-6-5-11(18)17-7-8-9(13)3-2-4-10(8)19-12(14)15;/h2-4,12,16H,5-7H2,1H3,(H,17,18);1H. The van der Waals surface area contributed by atoms with Crippen LogP contribution in [0.1, 0.15) is 12.0 Å². The number of rotatable bonds is 7. The van der Waals surface area contributed by atoms with Gasteiger partial charge in [-0.2, -0.15) is 8.78 Å². The highest BCUT2D eigenvalue weighted by Crippen LogP contribution is 2.23. The zero-order chi connectivity index (χ0) is 14.3. The van der Waals surface area contributed by atoms with Crippen LogP contribution in [-0.2, 0) is 11.3 Å². The van der Waals surface area contributed by atoms with Crippen LogP contribution in [0.15, 0.2) is 18.2 Å². The van der Waals surface area contributed by atoms with Gasteiger partial charge in [0.2, 0.25) is 5.91 Å². The summed E-state index contributed by atoms with van der Waals surface area (Å²) in [5.74, 6) is -1.28. The number of carbonyl (C=O) groups is 1. The van der Waals surface area contributed by atoms with Crippen molar-refractivity contribution in [1.82, 2.24) is 10.6 Å². The quantitative estimate of drug-likeness (QED) is 0.810. The second kappa shape index (κ2) is 9.44. The molecule has 0 radical (unpaired) electrons. The molecule has 114 valence electrons. The Bertz CT molecular complexity index is 433. The maximum atomic E-state index is 13.5. The molecule has 1 rings (SSSR count). The summed E-state index contributed by atoms with van der Waals surface area (Å²) < 4.78 is 42.0. The number of nitrogens with one attached hydrogen (secondary N) is 2. The molecule has 8 heteroatoms. The molecule has 0 fully saturated rings. The van der Waals surface area contributed by atoms with Gasteiger partial charge in [-0.1, -0.05) is 6.07 Å². The van der Waals surface area contributed by atoms with Crippen LogP contribution in [-0.4, -0.2) is 26.1 Å². The molecule has 0 aromatic heterocycles. The van der Waals surface area contributed by atoms with Gasteiger partial charge >= 0.3 is 6.61 Å². The Hall–Kier alpha value is -1.47. The number of hydrogen-bond acceptors (Lipinski definition) is 3. The number of carbonyl (C=O) groups excluding carboxylic acids is 1. The summed E-state index contributed by atoms with van der Waals surface area (Å²) in [5, 5.41) is 5.23. The van der Waals surface area contributed by atoms with Gasteiger partial charge in [0.15, 0.2) is 0 Å². The molecule has 0 saturated carbocycles. The maximum absolute atomic E-state index is 13.5. The summed E-state index contributed by atoms with van der Waals surface area (Å²) in [5.41, 5.74) is -0.0967. The molecular weight excluding hydrogens is 297 g/mol. The average molecular weight is 313 g/mol. The number of alkyl halides is 2. The molecule has 0 bridgehead atoms. The third kappa shape index (κ3) is 6.12. The molecule has 0 unspecified atom stereocenters. The molecule has 1 aromatic carbocycles. The molecule has 1 amide bonds. The van der Waals surface area contributed by atoms with Crippen molar-refractivity contribution in [2.75, 3.05) is 13.6 Å². The highest BCUT2D eigenvalue weighted by Gasteiger charge is 2.14. The SMILES string of the molecule is CNCCC(=O)NCc1c(F)cccc1OC(F)F.Cl. The first-order chi connectivity index (χ1) is 9.04. The summed E-state index contributed by atoms with van der Waals surface area (Å²) in [6, 6.07) is 3.61. The first-order valence-electron chi connectivity index (χ1n) is 5.68. The highest BCUT2D eigenvalue weighted by atomic mass is 35.5. The summed E-state index contributed by atoms with van der Waals surface area (Å²) >= 11 is 0. The van der Waals surface area contributed by atoms with Gasteiger partial charge in [0, 0.05) is 25.1 Å². The lowest BCUT2D eigenvalue weighted by atomic mass is 10.2. The van der Waals surface area contributed by atoms with E-state index in [9.17, 15) is 18.0 Å². The minimum absolute atomic E-state index is 0. The molecule has 1 aromatic rings. The van der Waals surface area contributed by atoms with Gasteiger partial charge in [-0.25, -0.2) is 4.39 Å². The van der Waals surface area contributed by atoms with Crippen LogP contribution in [0.2, 0.25) is 0 Å². The van der Waals surface area contributed by atoms with Crippen LogP contribution in [0.5, 0.6) is 5.75 Å². The number of halogens is 4. The summed E-state index contributed by atoms with van der Waals surface area (Å²) in [6.07, 6.45) is 0.218. The minimum atomic E-state index is -3.04. The van der Waals surface area contributed by atoms with Gasteiger partial charge in [0.1, 0.15) is 11.6 Å².